The van der Waals surface area contributed by atoms with Gasteiger partial charge in [-0.3, -0.25) is 0 Å². The van der Waals surface area contributed by atoms with E-state index in [-0.39, 0.29) is 11.1 Å². The van der Waals surface area contributed by atoms with Crippen molar-refractivity contribution < 1.29 is 9.13 Å². The molecule has 1 aromatic carbocycles. The van der Waals surface area contributed by atoms with Crippen LogP contribution in [0.5, 0.6) is 0 Å². The molecule has 2 aromatic rings. The second-order valence-corrected chi connectivity index (χ2v) is 5.67. The topological polar surface area (TPSA) is 51.1 Å². The van der Waals surface area contributed by atoms with Gasteiger partial charge >= 0.3 is 0 Å². The molecule has 0 bridgehead atoms. The molecule has 0 aliphatic carbocycles. The van der Waals surface area contributed by atoms with Crippen molar-refractivity contribution in [2.24, 2.45) is 0 Å². The van der Waals surface area contributed by atoms with Crippen LogP contribution in [0.25, 0.3) is 0 Å². The van der Waals surface area contributed by atoms with E-state index in [2.05, 4.69) is 15.0 Å². The standard InChI is InChI=1S/C13H12ClFN4OS/c14-11-16-12(19-5-7-20-8-6-19)18-13(17-11)21-10-4-2-1-3-9(10)15/h1-4H,5-8H2. The van der Waals surface area contributed by atoms with Gasteiger partial charge < -0.3 is 9.64 Å². The van der Waals surface area contributed by atoms with E-state index in [4.69, 9.17) is 16.3 Å². The summed E-state index contributed by atoms with van der Waals surface area (Å²) in [6, 6.07) is 6.47. The fourth-order valence-corrected chi connectivity index (χ4v) is 2.87. The van der Waals surface area contributed by atoms with E-state index in [1.165, 1.54) is 6.07 Å². The molecule has 110 valence electrons. The predicted molar refractivity (Wildman–Crippen MR) is 78.4 cm³/mol. The molecule has 1 saturated heterocycles. The molecule has 0 unspecified atom stereocenters. The van der Waals surface area contributed by atoms with Gasteiger partial charge in [-0.05, 0) is 35.5 Å². The second kappa shape index (κ2) is 6.55. The number of nitrogens with zero attached hydrogens (tertiary/aromatic N) is 4. The van der Waals surface area contributed by atoms with Crippen molar-refractivity contribution >= 4 is 29.3 Å². The molecule has 0 atom stereocenters. The zero-order chi connectivity index (χ0) is 14.7. The average molecular weight is 327 g/mol. The lowest BCUT2D eigenvalue weighted by molar-refractivity contribution is 0.122. The van der Waals surface area contributed by atoms with Crippen molar-refractivity contribution in [2.45, 2.75) is 10.1 Å². The van der Waals surface area contributed by atoms with Gasteiger partial charge in [0.2, 0.25) is 11.2 Å². The minimum atomic E-state index is -0.313. The Morgan fingerprint density at radius 2 is 1.90 bits per heavy atom. The monoisotopic (exact) mass is 326 g/mol. The summed E-state index contributed by atoms with van der Waals surface area (Å²) in [4.78, 5) is 15.0. The molecule has 0 spiro atoms. The first-order valence-corrected chi connectivity index (χ1v) is 7.58. The summed E-state index contributed by atoms with van der Waals surface area (Å²) in [5.41, 5.74) is 0. The number of anilines is 1. The Kier molecular flexibility index (Phi) is 4.52. The number of hydrogen-bond acceptors (Lipinski definition) is 6. The number of morpholine rings is 1. The van der Waals surface area contributed by atoms with Crippen molar-refractivity contribution in [2.75, 3.05) is 31.2 Å². The predicted octanol–water partition coefficient (Wildman–Crippen LogP) is 2.65. The van der Waals surface area contributed by atoms with E-state index < -0.39 is 0 Å². The third kappa shape index (κ3) is 3.61. The molecule has 1 aliphatic heterocycles. The quantitative estimate of drug-likeness (QED) is 0.864. The van der Waals surface area contributed by atoms with Crippen LogP contribution < -0.4 is 4.90 Å². The van der Waals surface area contributed by atoms with Crippen LogP contribution in [0.3, 0.4) is 0 Å². The summed E-state index contributed by atoms with van der Waals surface area (Å²) < 4.78 is 19.0. The molecule has 0 amide bonds. The molecule has 1 aliphatic rings. The molecule has 5 nitrogen and oxygen atoms in total. The molecular formula is C13H12ClFN4OS. The van der Waals surface area contributed by atoms with Crippen molar-refractivity contribution in [3.63, 3.8) is 0 Å². The van der Waals surface area contributed by atoms with Gasteiger partial charge in [-0.15, -0.1) is 0 Å². The van der Waals surface area contributed by atoms with E-state index in [1.807, 2.05) is 4.90 Å². The first-order valence-electron chi connectivity index (χ1n) is 6.39. The summed E-state index contributed by atoms with van der Waals surface area (Å²) in [5, 5.41) is 0.479. The van der Waals surface area contributed by atoms with Gasteiger partial charge in [0.15, 0.2) is 5.16 Å². The van der Waals surface area contributed by atoms with Crippen LogP contribution in [-0.4, -0.2) is 41.3 Å². The maximum atomic E-state index is 13.7. The molecule has 21 heavy (non-hydrogen) atoms. The minimum Gasteiger partial charge on any atom is -0.378 e. The van der Waals surface area contributed by atoms with Gasteiger partial charge in [0.25, 0.3) is 0 Å². The van der Waals surface area contributed by atoms with Crippen LogP contribution in [0, 0.1) is 5.82 Å². The number of halogens is 2. The smallest absolute Gasteiger partial charge is 0.230 e. The zero-order valence-electron chi connectivity index (χ0n) is 11.0. The van der Waals surface area contributed by atoms with Crippen LogP contribution in [0.15, 0.2) is 34.3 Å². The van der Waals surface area contributed by atoms with Crippen LogP contribution in [0.2, 0.25) is 5.28 Å². The van der Waals surface area contributed by atoms with Crippen LogP contribution >= 0.6 is 23.4 Å². The van der Waals surface area contributed by atoms with Crippen molar-refractivity contribution in [1.82, 2.24) is 15.0 Å². The van der Waals surface area contributed by atoms with Crippen molar-refractivity contribution in [3.05, 3.63) is 35.4 Å². The lowest BCUT2D eigenvalue weighted by Gasteiger charge is -2.26. The summed E-state index contributed by atoms with van der Waals surface area (Å²) in [5.74, 6) is 0.184. The number of hydrogen-bond donors (Lipinski definition) is 0. The fraction of sp³-hybridized carbons (Fsp3) is 0.308. The SMILES string of the molecule is Fc1ccccc1Sc1nc(Cl)nc(N2CCOCC2)n1. The molecule has 1 aromatic heterocycles. The van der Waals surface area contributed by atoms with Crippen LogP contribution in [-0.2, 0) is 4.74 Å². The van der Waals surface area contributed by atoms with Gasteiger partial charge in [-0.1, -0.05) is 12.1 Å². The van der Waals surface area contributed by atoms with Gasteiger partial charge in [0, 0.05) is 13.1 Å². The Balaban J connectivity index is 1.85. The third-order valence-corrected chi connectivity index (χ3v) is 3.99. The molecule has 2 heterocycles. The highest BCUT2D eigenvalue weighted by atomic mass is 35.5. The largest absolute Gasteiger partial charge is 0.378 e. The summed E-state index contributed by atoms with van der Waals surface area (Å²) in [6.07, 6.45) is 0. The second-order valence-electron chi connectivity index (χ2n) is 4.32. The highest BCUT2D eigenvalue weighted by Gasteiger charge is 2.17. The molecule has 8 heteroatoms. The summed E-state index contributed by atoms with van der Waals surface area (Å²) in [6.45, 7) is 2.65. The first kappa shape index (κ1) is 14.5. The summed E-state index contributed by atoms with van der Waals surface area (Å²) >= 11 is 7.07. The Morgan fingerprint density at radius 1 is 1.14 bits per heavy atom. The minimum absolute atomic E-state index is 0.102. The highest BCUT2D eigenvalue weighted by Crippen LogP contribution is 2.28. The maximum absolute atomic E-state index is 13.7. The van der Waals surface area contributed by atoms with Crippen LogP contribution in [0.1, 0.15) is 0 Å². The molecule has 3 rings (SSSR count). The summed E-state index contributed by atoms with van der Waals surface area (Å²) in [7, 11) is 0. The lowest BCUT2D eigenvalue weighted by Crippen LogP contribution is -2.37. The Labute approximate surface area is 130 Å². The van der Waals surface area contributed by atoms with E-state index >= 15 is 0 Å². The molecular weight excluding hydrogens is 315 g/mol. The van der Waals surface area contributed by atoms with E-state index in [0.717, 1.165) is 11.8 Å². The Morgan fingerprint density at radius 3 is 2.67 bits per heavy atom. The van der Waals surface area contributed by atoms with E-state index in [1.54, 1.807) is 18.2 Å². The number of ether oxygens (including phenoxy) is 1. The number of rotatable bonds is 3. The Hall–Kier alpha value is -1.44. The number of aromatic nitrogens is 3. The van der Waals surface area contributed by atoms with Gasteiger partial charge in [-0.2, -0.15) is 15.0 Å². The molecule has 0 radical (unpaired) electrons. The van der Waals surface area contributed by atoms with Gasteiger partial charge in [-0.25, -0.2) is 4.39 Å². The van der Waals surface area contributed by atoms with Crippen molar-refractivity contribution in [3.8, 4) is 0 Å². The lowest BCUT2D eigenvalue weighted by atomic mass is 10.4. The Bertz CT molecular complexity index is 639. The molecule has 0 saturated carbocycles. The average Bonchev–Trinajstić information content (AvgIpc) is 2.50. The fourth-order valence-electron chi connectivity index (χ4n) is 1.90. The highest BCUT2D eigenvalue weighted by molar-refractivity contribution is 7.99. The van der Waals surface area contributed by atoms with Crippen LogP contribution in [0.4, 0.5) is 10.3 Å². The number of benzene rings is 1. The normalized spacial score (nSPS) is 15.2. The molecule has 0 N–H and O–H groups in total. The zero-order valence-corrected chi connectivity index (χ0v) is 12.6. The van der Waals surface area contributed by atoms with E-state index in [0.29, 0.717) is 42.3 Å². The van der Waals surface area contributed by atoms with Gasteiger partial charge in [0.1, 0.15) is 5.82 Å². The van der Waals surface area contributed by atoms with E-state index in [9.17, 15) is 4.39 Å². The maximum Gasteiger partial charge on any atom is 0.230 e. The van der Waals surface area contributed by atoms with Crippen molar-refractivity contribution in [1.29, 1.82) is 0 Å². The third-order valence-electron chi connectivity index (χ3n) is 2.91. The molecule has 1 fully saturated rings. The van der Waals surface area contributed by atoms with Gasteiger partial charge in [0.05, 0.1) is 18.1 Å². The first-order chi connectivity index (χ1) is 10.2.